The van der Waals surface area contributed by atoms with Crippen molar-refractivity contribution in [1.82, 2.24) is 0 Å². The summed E-state index contributed by atoms with van der Waals surface area (Å²) in [6.45, 7) is 0. The number of carbonyl (C=O) groups excluding carboxylic acids is 1. The van der Waals surface area contributed by atoms with Crippen LogP contribution in [0.5, 0.6) is 0 Å². The molecule has 37 heavy (non-hydrogen) atoms. The van der Waals surface area contributed by atoms with Crippen molar-refractivity contribution in [2.45, 2.75) is 23.1 Å². The number of nitriles is 1. The van der Waals surface area contributed by atoms with E-state index >= 15 is 0 Å². The number of aliphatic hydroxyl groups is 1. The minimum Gasteiger partial charge on any atom is -0.379 e. The lowest BCUT2D eigenvalue weighted by Crippen LogP contribution is -2.47. The van der Waals surface area contributed by atoms with E-state index in [0.29, 0.717) is 16.5 Å². The maximum atomic E-state index is 13.4. The maximum absolute atomic E-state index is 13.4. The molecule has 188 valence electrons. The van der Waals surface area contributed by atoms with E-state index in [4.69, 9.17) is 5.26 Å². The first-order valence-electron chi connectivity index (χ1n) is 11.1. The smallest absolute Gasteiger partial charge is 0.379 e. The number of alkyl halides is 3. The predicted octanol–water partition coefficient (Wildman–Crippen LogP) is 6.57. The molecule has 0 heterocycles. The largest absolute Gasteiger partial charge is 0.417 e. The first-order chi connectivity index (χ1) is 17.6. The molecule has 4 aromatic carbocycles. The molecule has 0 spiro atoms. The molecule has 0 saturated carbocycles. The zero-order chi connectivity index (χ0) is 26.6. The van der Waals surface area contributed by atoms with Gasteiger partial charge in [-0.3, -0.25) is 4.79 Å². The lowest BCUT2D eigenvalue weighted by Gasteiger charge is -2.28. The number of halogens is 4. The molecule has 0 fully saturated rings. The summed E-state index contributed by atoms with van der Waals surface area (Å²) in [4.78, 5) is 14.0. The topological polar surface area (TPSA) is 73.1 Å². The van der Waals surface area contributed by atoms with Crippen LogP contribution in [-0.4, -0.2) is 22.4 Å². The number of anilines is 1. The van der Waals surface area contributed by atoms with Crippen LogP contribution in [-0.2, 0) is 17.4 Å². The second kappa shape index (κ2) is 10.6. The summed E-state index contributed by atoms with van der Waals surface area (Å²) in [6, 6.07) is 22.7. The Hall–Kier alpha value is -3.87. The van der Waals surface area contributed by atoms with Gasteiger partial charge in [0, 0.05) is 22.8 Å². The molecule has 0 unspecified atom stereocenters. The van der Waals surface area contributed by atoms with E-state index in [-0.39, 0.29) is 17.9 Å². The Balaban J connectivity index is 1.67. The number of hydrogen-bond donors (Lipinski definition) is 2. The van der Waals surface area contributed by atoms with E-state index in [9.17, 15) is 27.5 Å². The Morgan fingerprint density at radius 2 is 1.68 bits per heavy atom. The van der Waals surface area contributed by atoms with Crippen molar-refractivity contribution in [3.8, 4) is 6.07 Å². The van der Waals surface area contributed by atoms with Gasteiger partial charge in [0.2, 0.25) is 0 Å². The highest BCUT2D eigenvalue weighted by Crippen LogP contribution is 2.34. The van der Waals surface area contributed by atoms with Gasteiger partial charge in [0.25, 0.3) is 5.91 Å². The van der Waals surface area contributed by atoms with Gasteiger partial charge < -0.3 is 10.4 Å². The minimum atomic E-state index is -4.80. The summed E-state index contributed by atoms with van der Waals surface area (Å²) >= 11 is 1.11. The third kappa shape index (κ3) is 6.10. The van der Waals surface area contributed by atoms with E-state index < -0.39 is 34.6 Å². The van der Waals surface area contributed by atoms with Crippen LogP contribution in [0.4, 0.5) is 23.2 Å². The molecule has 4 aromatic rings. The van der Waals surface area contributed by atoms with Crippen LogP contribution in [0.15, 0.2) is 89.8 Å². The Kier molecular flexibility index (Phi) is 7.52. The molecule has 1 atom stereocenters. The Morgan fingerprint density at radius 1 is 0.973 bits per heavy atom. The van der Waals surface area contributed by atoms with Gasteiger partial charge in [-0.15, -0.1) is 11.8 Å². The van der Waals surface area contributed by atoms with Gasteiger partial charge in [0.05, 0.1) is 17.2 Å². The van der Waals surface area contributed by atoms with Crippen molar-refractivity contribution in [2.24, 2.45) is 0 Å². The van der Waals surface area contributed by atoms with Crippen LogP contribution in [0.2, 0.25) is 0 Å². The lowest BCUT2D eigenvalue weighted by molar-refractivity contribution is -0.138. The molecule has 0 saturated heterocycles. The second-order valence-corrected chi connectivity index (χ2v) is 9.46. The first-order valence-corrected chi connectivity index (χ1v) is 12.1. The molecule has 0 aliphatic heterocycles. The van der Waals surface area contributed by atoms with Crippen LogP contribution in [0.3, 0.4) is 0 Å². The van der Waals surface area contributed by atoms with Crippen molar-refractivity contribution in [3.05, 3.63) is 107 Å². The zero-order valence-corrected chi connectivity index (χ0v) is 20.0. The fraction of sp³-hybridized carbons (Fsp3) is 0.143. The van der Waals surface area contributed by atoms with Crippen LogP contribution < -0.4 is 5.32 Å². The first kappa shape index (κ1) is 26.2. The van der Waals surface area contributed by atoms with Crippen molar-refractivity contribution in [3.63, 3.8) is 0 Å². The molecular weight excluding hydrogens is 504 g/mol. The summed E-state index contributed by atoms with van der Waals surface area (Å²) in [5, 5.41) is 24.8. The number of hydrogen-bond acceptors (Lipinski definition) is 4. The number of thioether (sulfide) groups is 1. The molecule has 0 aromatic heterocycles. The average molecular weight is 525 g/mol. The van der Waals surface area contributed by atoms with Crippen LogP contribution in [0.25, 0.3) is 10.8 Å². The molecule has 0 aliphatic rings. The van der Waals surface area contributed by atoms with Crippen molar-refractivity contribution < 1.29 is 27.5 Å². The van der Waals surface area contributed by atoms with Gasteiger partial charge in [0.15, 0.2) is 5.60 Å². The molecule has 0 radical (unpaired) electrons. The van der Waals surface area contributed by atoms with Crippen LogP contribution >= 0.6 is 11.8 Å². The summed E-state index contributed by atoms with van der Waals surface area (Å²) < 4.78 is 53.6. The molecule has 4 nitrogen and oxygen atoms in total. The Labute approximate surface area is 214 Å². The molecule has 0 bridgehead atoms. The second-order valence-electron chi connectivity index (χ2n) is 8.41. The summed E-state index contributed by atoms with van der Waals surface area (Å²) in [5.41, 5.74) is -3.35. The molecule has 4 rings (SSSR count). The normalized spacial score (nSPS) is 13.1. The quantitative estimate of drug-likeness (QED) is 0.212. The third-order valence-electron chi connectivity index (χ3n) is 5.78. The molecule has 0 aliphatic carbocycles. The summed E-state index contributed by atoms with van der Waals surface area (Å²) in [6.07, 6.45) is -4.93. The van der Waals surface area contributed by atoms with Gasteiger partial charge in [0.1, 0.15) is 5.82 Å². The van der Waals surface area contributed by atoms with E-state index in [1.165, 1.54) is 36.4 Å². The highest BCUT2D eigenvalue weighted by Gasteiger charge is 2.38. The SMILES string of the molecule is N#Cc1ccc(NC(=O)[C@@](O)(CSc2ccc(F)cc2)Cc2cccc3ccccc23)cc1C(F)(F)F. The van der Waals surface area contributed by atoms with Crippen molar-refractivity contribution >= 4 is 34.1 Å². The van der Waals surface area contributed by atoms with E-state index in [1.807, 2.05) is 30.3 Å². The van der Waals surface area contributed by atoms with Crippen LogP contribution in [0, 0.1) is 17.1 Å². The number of amides is 1. The van der Waals surface area contributed by atoms with Crippen molar-refractivity contribution in [1.29, 1.82) is 5.26 Å². The van der Waals surface area contributed by atoms with Gasteiger partial charge in [-0.25, -0.2) is 4.39 Å². The number of benzene rings is 4. The maximum Gasteiger partial charge on any atom is 0.417 e. The minimum absolute atomic E-state index is 0.128. The Morgan fingerprint density at radius 3 is 2.38 bits per heavy atom. The highest BCUT2D eigenvalue weighted by molar-refractivity contribution is 7.99. The predicted molar refractivity (Wildman–Crippen MR) is 135 cm³/mol. The number of carbonyl (C=O) groups is 1. The number of rotatable bonds is 7. The highest BCUT2D eigenvalue weighted by atomic mass is 32.2. The molecule has 9 heteroatoms. The number of fused-ring (bicyclic) bond motifs is 1. The van der Waals surface area contributed by atoms with Gasteiger partial charge in [-0.05, 0) is 58.8 Å². The van der Waals surface area contributed by atoms with Gasteiger partial charge >= 0.3 is 6.18 Å². The molecular formula is C28H20F4N2O2S. The zero-order valence-electron chi connectivity index (χ0n) is 19.2. The van der Waals surface area contributed by atoms with E-state index in [2.05, 4.69) is 5.32 Å². The van der Waals surface area contributed by atoms with Gasteiger partial charge in [-0.1, -0.05) is 42.5 Å². The van der Waals surface area contributed by atoms with Crippen LogP contribution in [0.1, 0.15) is 16.7 Å². The summed E-state index contributed by atoms with van der Waals surface area (Å²) in [5.74, 6) is -1.50. The molecule has 2 N–H and O–H groups in total. The van der Waals surface area contributed by atoms with E-state index in [1.54, 1.807) is 12.1 Å². The monoisotopic (exact) mass is 524 g/mol. The van der Waals surface area contributed by atoms with E-state index in [0.717, 1.165) is 28.6 Å². The Bertz CT molecular complexity index is 1480. The number of nitrogens with zero attached hydrogens (tertiary/aromatic N) is 1. The number of nitrogens with one attached hydrogen (secondary N) is 1. The third-order valence-corrected chi connectivity index (χ3v) is 7.01. The summed E-state index contributed by atoms with van der Waals surface area (Å²) in [7, 11) is 0. The fourth-order valence-corrected chi connectivity index (χ4v) is 4.86. The lowest BCUT2D eigenvalue weighted by atomic mass is 9.91. The average Bonchev–Trinajstić information content (AvgIpc) is 2.88. The fourth-order valence-electron chi connectivity index (χ4n) is 3.89. The van der Waals surface area contributed by atoms with Gasteiger partial charge in [-0.2, -0.15) is 18.4 Å². The standard InChI is InChI=1S/C28H20F4N2O2S/c29-21-9-12-23(13-10-21)37-17-27(36,15-19-6-3-5-18-4-1-2-7-24(18)19)26(35)34-22-11-8-20(16-33)25(14-22)28(30,31)32/h1-14,36H,15,17H2,(H,34,35)/t27-/m0/s1. The molecule has 1 amide bonds. The van der Waals surface area contributed by atoms with Crippen molar-refractivity contribution in [2.75, 3.05) is 11.1 Å².